The van der Waals surface area contributed by atoms with Gasteiger partial charge in [0.05, 0.1) is 14.9 Å². The Balaban J connectivity index is 1.77. The fraction of sp³-hybridized carbons (Fsp3) is 0. The summed E-state index contributed by atoms with van der Waals surface area (Å²) >= 11 is 11.9. The van der Waals surface area contributed by atoms with Gasteiger partial charge in [-0.05, 0) is 54.6 Å². The van der Waals surface area contributed by atoms with Gasteiger partial charge in [0.2, 0.25) is 10.0 Å². The van der Waals surface area contributed by atoms with E-state index in [1.54, 1.807) is 24.3 Å². The van der Waals surface area contributed by atoms with E-state index in [2.05, 4.69) is 5.32 Å². The molecule has 0 aliphatic heterocycles. The van der Waals surface area contributed by atoms with Gasteiger partial charge in [-0.25, -0.2) is 13.6 Å². The first-order chi connectivity index (χ1) is 12.2. The van der Waals surface area contributed by atoms with Crippen molar-refractivity contribution in [2.75, 3.05) is 5.32 Å². The quantitative estimate of drug-likeness (QED) is 0.673. The number of carbonyl (C=O) groups is 1. The maximum absolute atomic E-state index is 12.3. The molecule has 0 aliphatic carbocycles. The lowest BCUT2D eigenvalue weighted by Gasteiger charge is -2.04. The van der Waals surface area contributed by atoms with Crippen LogP contribution in [0, 0.1) is 0 Å². The molecule has 0 spiro atoms. The van der Waals surface area contributed by atoms with Crippen molar-refractivity contribution in [3.05, 3.63) is 70.4 Å². The fourth-order valence-electron chi connectivity index (χ4n) is 2.19. The molecule has 0 radical (unpaired) electrons. The van der Waals surface area contributed by atoms with Crippen molar-refractivity contribution in [3.63, 3.8) is 0 Å². The van der Waals surface area contributed by atoms with Crippen LogP contribution < -0.4 is 10.5 Å². The molecule has 0 aliphatic rings. The largest absolute Gasteiger partial charge is 0.451 e. The van der Waals surface area contributed by atoms with Crippen LogP contribution in [0.1, 0.15) is 10.6 Å². The first-order valence-electron chi connectivity index (χ1n) is 7.23. The fourth-order valence-corrected chi connectivity index (χ4v) is 3.00. The minimum absolute atomic E-state index is 0.0459. The lowest BCUT2D eigenvalue weighted by atomic mass is 10.2. The molecule has 3 N–H and O–H groups in total. The lowest BCUT2D eigenvalue weighted by molar-refractivity contribution is 0.0997. The van der Waals surface area contributed by atoms with E-state index in [0.717, 1.165) is 0 Å². The van der Waals surface area contributed by atoms with Crippen molar-refractivity contribution < 1.29 is 17.6 Å². The van der Waals surface area contributed by atoms with Crippen LogP contribution in [-0.4, -0.2) is 14.3 Å². The monoisotopic (exact) mass is 410 g/mol. The number of amides is 1. The van der Waals surface area contributed by atoms with Gasteiger partial charge in [0.1, 0.15) is 5.76 Å². The molecule has 2 aromatic carbocycles. The van der Waals surface area contributed by atoms with Gasteiger partial charge in [0, 0.05) is 11.3 Å². The predicted octanol–water partition coefficient (Wildman–Crippen LogP) is 4.15. The molecule has 3 aromatic rings. The van der Waals surface area contributed by atoms with E-state index in [9.17, 15) is 13.2 Å². The molecule has 1 amide bonds. The third kappa shape index (κ3) is 4.08. The van der Waals surface area contributed by atoms with Crippen LogP contribution in [0.4, 0.5) is 5.69 Å². The van der Waals surface area contributed by atoms with Gasteiger partial charge in [-0.15, -0.1) is 0 Å². The van der Waals surface area contributed by atoms with Gasteiger partial charge in [0.25, 0.3) is 5.91 Å². The lowest BCUT2D eigenvalue weighted by Crippen LogP contribution is -2.13. The van der Waals surface area contributed by atoms with Crippen molar-refractivity contribution in [2.24, 2.45) is 5.14 Å². The summed E-state index contributed by atoms with van der Waals surface area (Å²) in [5.41, 5.74) is 1.07. The number of nitrogens with two attached hydrogens (primary N) is 1. The number of hydrogen-bond donors (Lipinski definition) is 2. The van der Waals surface area contributed by atoms with Gasteiger partial charge in [-0.2, -0.15) is 0 Å². The second kappa shape index (κ2) is 7.13. The number of furan rings is 1. The number of hydrogen-bond acceptors (Lipinski definition) is 4. The molecule has 6 nitrogen and oxygen atoms in total. The molecular weight excluding hydrogens is 399 g/mol. The van der Waals surface area contributed by atoms with Gasteiger partial charge in [0.15, 0.2) is 5.76 Å². The van der Waals surface area contributed by atoms with Crippen molar-refractivity contribution >= 4 is 44.8 Å². The zero-order valence-corrected chi connectivity index (χ0v) is 15.4. The van der Waals surface area contributed by atoms with Crippen LogP contribution in [0.3, 0.4) is 0 Å². The van der Waals surface area contributed by atoms with E-state index in [0.29, 0.717) is 27.1 Å². The Labute approximate surface area is 159 Å². The first-order valence-corrected chi connectivity index (χ1v) is 9.54. The first kappa shape index (κ1) is 18.5. The Morgan fingerprint density at radius 3 is 2.27 bits per heavy atom. The highest BCUT2D eigenvalue weighted by Crippen LogP contribution is 2.29. The molecule has 0 saturated heterocycles. The number of primary sulfonamides is 1. The second-order valence-electron chi connectivity index (χ2n) is 5.32. The summed E-state index contributed by atoms with van der Waals surface area (Å²) in [5, 5.41) is 8.43. The van der Waals surface area contributed by atoms with Crippen LogP contribution in [0.15, 0.2) is 63.9 Å². The van der Waals surface area contributed by atoms with Gasteiger partial charge < -0.3 is 9.73 Å². The molecular formula is C17H12Cl2N2O4S. The average molecular weight is 411 g/mol. The second-order valence-corrected chi connectivity index (χ2v) is 7.69. The number of rotatable bonds is 4. The van der Waals surface area contributed by atoms with E-state index in [1.165, 1.54) is 30.3 Å². The maximum Gasteiger partial charge on any atom is 0.291 e. The van der Waals surface area contributed by atoms with Gasteiger partial charge >= 0.3 is 0 Å². The highest BCUT2D eigenvalue weighted by atomic mass is 35.5. The smallest absolute Gasteiger partial charge is 0.291 e. The summed E-state index contributed by atoms with van der Waals surface area (Å²) in [6, 6.07) is 13.6. The molecule has 0 bridgehead atoms. The Hall–Kier alpha value is -2.32. The van der Waals surface area contributed by atoms with E-state index >= 15 is 0 Å². The van der Waals surface area contributed by atoms with Crippen LogP contribution in [0.5, 0.6) is 0 Å². The molecule has 9 heteroatoms. The van der Waals surface area contributed by atoms with Gasteiger partial charge in [-0.1, -0.05) is 23.2 Å². The van der Waals surface area contributed by atoms with Crippen LogP contribution in [0.2, 0.25) is 10.0 Å². The van der Waals surface area contributed by atoms with Crippen molar-refractivity contribution in [1.82, 2.24) is 0 Å². The molecule has 0 atom stereocenters. The van der Waals surface area contributed by atoms with E-state index in [-0.39, 0.29) is 10.7 Å². The number of benzene rings is 2. The third-order valence-corrected chi connectivity index (χ3v) is 5.14. The minimum Gasteiger partial charge on any atom is -0.451 e. The maximum atomic E-state index is 12.3. The highest BCUT2D eigenvalue weighted by Gasteiger charge is 2.14. The summed E-state index contributed by atoms with van der Waals surface area (Å²) in [6.07, 6.45) is 0. The zero-order valence-electron chi connectivity index (χ0n) is 13.1. The van der Waals surface area contributed by atoms with E-state index in [1.807, 2.05) is 0 Å². The topological polar surface area (TPSA) is 102 Å². The highest BCUT2D eigenvalue weighted by molar-refractivity contribution is 7.89. The summed E-state index contributed by atoms with van der Waals surface area (Å²) in [4.78, 5) is 12.2. The molecule has 0 saturated carbocycles. The summed E-state index contributed by atoms with van der Waals surface area (Å²) < 4.78 is 28.0. The number of sulfonamides is 1. The van der Waals surface area contributed by atoms with Crippen LogP contribution >= 0.6 is 23.2 Å². The van der Waals surface area contributed by atoms with E-state index in [4.69, 9.17) is 32.8 Å². The minimum atomic E-state index is -3.79. The number of carbonyl (C=O) groups excluding carboxylic acids is 1. The molecule has 0 unspecified atom stereocenters. The van der Waals surface area contributed by atoms with Crippen molar-refractivity contribution in [1.29, 1.82) is 0 Å². The summed E-state index contributed by atoms with van der Waals surface area (Å²) in [5.74, 6) is 0.0551. The van der Waals surface area contributed by atoms with Crippen molar-refractivity contribution in [2.45, 2.75) is 4.90 Å². The van der Waals surface area contributed by atoms with Crippen LogP contribution in [0.25, 0.3) is 11.3 Å². The molecule has 1 aromatic heterocycles. The number of nitrogens with one attached hydrogen (secondary N) is 1. The number of halogens is 2. The molecule has 0 fully saturated rings. The molecule has 26 heavy (non-hydrogen) atoms. The predicted molar refractivity (Wildman–Crippen MR) is 99.9 cm³/mol. The molecule has 134 valence electrons. The molecule has 3 rings (SSSR count). The standard InChI is InChI=1S/C17H12Cl2N2O4S/c18-13-6-1-10(9-14(13)19)15-7-8-16(25-15)17(22)21-11-2-4-12(5-3-11)26(20,23)24/h1-9H,(H,21,22)(H2,20,23,24). The molecule has 1 heterocycles. The average Bonchev–Trinajstić information content (AvgIpc) is 3.07. The summed E-state index contributed by atoms with van der Waals surface area (Å²) in [6.45, 7) is 0. The number of anilines is 1. The van der Waals surface area contributed by atoms with Crippen molar-refractivity contribution in [3.8, 4) is 11.3 Å². The SMILES string of the molecule is NS(=O)(=O)c1ccc(NC(=O)c2ccc(-c3ccc(Cl)c(Cl)c3)o2)cc1. The Morgan fingerprint density at radius 1 is 0.962 bits per heavy atom. The van der Waals surface area contributed by atoms with Gasteiger partial charge in [-0.3, -0.25) is 4.79 Å². The van der Waals surface area contributed by atoms with E-state index < -0.39 is 15.9 Å². The Morgan fingerprint density at radius 2 is 1.65 bits per heavy atom. The summed E-state index contributed by atoms with van der Waals surface area (Å²) in [7, 11) is -3.79. The zero-order chi connectivity index (χ0) is 18.9. The van der Waals surface area contributed by atoms with Crippen LogP contribution in [-0.2, 0) is 10.0 Å². The Kier molecular flexibility index (Phi) is 5.06. The third-order valence-electron chi connectivity index (χ3n) is 3.47. The Bertz CT molecular complexity index is 1080. The normalized spacial score (nSPS) is 11.3.